The van der Waals surface area contributed by atoms with Crippen molar-refractivity contribution in [3.05, 3.63) is 60.2 Å². The van der Waals surface area contributed by atoms with Crippen molar-refractivity contribution in [1.82, 2.24) is 0 Å². The molecule has 86 valence electrons. The van der Waals surface area contributed by atoms with Gasteiger partial charge in [0, 0.05) is 6.42 Å². The van der Waals surface area contributed by atoms with Crippen LogP contribution in [0.2, 0.25) is 0 Å². The van der Waals surface area contributed by atoms with E-state index in [0.717, 1.165) is 6.42 Å². The summed E-state index contributed by atoms with van der Waals surface area (Å²) in [7, 11) is 0. The number of rotatable bonds is 3. The van der Waals surface area contributed by atoms with Crippen molar-refractivity contribution in [2.24, 2.45) is 5.73 Å². The first-order valence-corrected chi connectivity index (χ1v) is 4.94. The summed E-state index contributed by atoms with van der Waals surface area (Å²) in [5, 5.41) is 0. The smallest absolute Gasteiger partial charge is 0.370 e. The van der Waals surface area contributed by atoms with E-state index >= 15 is 0 Å². The van der Waals surface area contributed by atoms with Gasteiger partial charge < -0.3 is 5.73 Å². The van der Waals surface area contributed by atoms with Gasteiger partial charge in [-0.25, -0.2) is 24.3 Å². The molecule has 16 heavy (non-hydrogen) atoms. The van der Waals surface area contributed by atoms with Crippen LogP contribution in [0.4, 0.5) is 0 Å². The third-order valence-electron chi connectivity index (χ3n) is 1.95. The number of hydrogen-bond acceptors (Lipinski definition) is 1. The zero-order valence-corrected chi connectivity index (χ0v) is 10.1. The number of carbonyl (C=O) groups excluding carboxylic acids is 1. The zero-order valence-electron chi connectivity index (χ0n) is 8.95. The molecule has 0 bridgehead atoms. The Balaban J connectivity index is 0.000000318. The first-order chi connectivity index (χ1) is 7.29. The average molecular weight is 257 g/mol. The number of hydrogen-bond donors (Lipinski definition) is 1. The Morgan fingerprint density at radius 1 is 1.12 bits per heavy atom. The van der Waals surface area contributed by atoms with Crippen LogP contribution in [0.15, 0.2) is 54.6 Å². The Kier molecular flexibility index (Phi) is 8.22. The molecular weight excluding hydrogens is 242 g/mol. The van der Waals surface area contributed by atoms with Crippen molar-refractivity contribution < 1.29 is 21.9 Å². The summed E-state index contributed by atoms with van der Waals surface area (Å²) < 4.78 is 0. The van der Waals surface area contributed by atoms with Crippen LogP contribution in [0.1, 0.15) is 12.0 Å². The van der Waals surface area contributed by atoms with Gasteiger partial charge in [-0.2, -0.15) is 35.9 Å². The van der Waals surface area contributed by atoms with Crippen molar-refractivity contribution in [1.29, 1.82) is 0 Å². The van der Waals surface area contributed by atoms with Gasteiger partial charge in [0.2, 0.25) is 5.91 Å². The van der Waals surface area contributed by atoms with E-state index in [4.69, 9.17) is 5.73 Å². The first-order valence-electron chi connectivity index (χ1n) is 4.94. The van der Waals surface area contributed by atoms with Crippen LogP contribution in [-0.4, -0.2) is 5.91 Å². The molecule has 0 aliphatic heterocycles. The van der Waals surface area contributed by atoms with Crippen molar-refractivity contribution in [3.63, 3.8) is 0 Å². The molecular formula is C13H15FeNO. The van der Waals surface area contributed by atoms with Crippen LogP contribution >= 0.6 is 0 Å². The summed E-state index contributed by atoms with van der Waals surface area (Å²) in [5.41, 5.74) is 6.15. The molecule has 0 radical (unpaired) electrons. The van der Waals surface area contributed by atoms with Crippen molar-refractivity contribution in [3.8, 4) is 0 Å². The molecule has 0 saturated heterocycles. The van der Waals surface area contributed by atoms with Gasteiger partial charge in [-0.1, -0.05) is 6.42 Å². The fourth-order valence-electron chi connectivity index (χ4n) is 1.17. The van der Waals surface area contributed by atoms with Gasteiger partial charge in [0.15, 0.2) is 0 Å². The molecule has 0 aliphatic carbocycles. The van der Waals surface area contributed by atoms with E-state index in [1.807, 2.05) is 54.6 Å². The molecule has 3 heteroatoms. The summed E-state index contributed by atoms with van der Waals surface area (Å²) in [6.07, 6.45) is 1.21. The van der Waals surface area contributed by atoms with Crippen molar-refractivity contribution >= 4 is 5.91 Å². The largest absolute Gasteiger partial charge is 2.00 e. The van der Waals surface area contributed by atoms with Crippen LogP contribution in [0.25, 0.3) is 0 Å². The molecule has 2 nitrogen and oxygen atoms in total. The third kappa shape index (κ3) is 7.04. The number of nitrogens with two attached hydrogens (primary N) is 1. The van der Waals surface area contributed by atoms with E-state index < -0.39 is 0 Å². The summed E-state index contributed by atoms with van der Waals surface area (Å²) >= 11 is 0. The fourth-order valence-corrected chi connectivity index (χ4v) is 1.17. The second kappa shape index (κ2) is 8.95. The maximum Gasteiger partial charge on any atom is 2.00 e. The molecule has 0 fully saturated rings. The molecule has 0 atom stereocenters. The molecule has 2 rings (SSSR count). The van der Waals surface area contributed by atoms with E-state index in [-0.39, 0.29) is 23.0 Å². The normalized spacial score (nSPS) is 8.50. The molecule has 0 aliphatic rings. The monoisotopic (exact) mass is 257 g/mol. The topological polar surface area (TPSA) is 43.1 Å². The number of amides is 1. The molecule has 0 saturated carbocycles. The van der Waals surface area contributed by atoms with Crippen LogP contribution in [0, 0.1) is 0 Å². The minimum absolute atomic E-state index is 0. The molecule has 0 aromatic heterocycles. The van der Waals surface area contributed by atoms with Crippen LogP contribution in [0.3, 0.4) is 0 Å². The Morgan fingerprint density at radius 3 is 2.06 bits per heavy atom. The molecule has 0 spiro atoms. The standard InChI is InChI=1S/C8H10NO.C5H5.Fe/c9-8(10)6-5-7-3-1-2-4-7;1-2-4-5-3-1;/h1-4H,5-6H2,(H2,9,10);1-5H;/q2*-1;+2. The van der Waals surface area contributed by atoms with Crippen LogP contribution < -0.4 is 5.73 Å². The molecule has 2 N–H and O–H groups in total. The molecule has 2 aromatic rings. The van der Waals surface area contributed by atoms with Gasteiger partial charge in [-0.3, -0.25) is 4.79 Å². The number of carbonyl (C=O) groups is 1. The van der Waals surface area contributed by atoms with Gasteiger partial charge in [0.05, 0.1) is 0 Å². The van der Waals surface area contributed by atoms with E-state index in [2.05, 4.69) is 0 Å². The predicted octanol–water partition coefficient (Wildman–Crippen LogP) is 2.23. The summed E-state index contributed by atoms with van der Waals surface area (Å²) in [4.78, 5) is 10.3. The Bertz CT molecular complexity index is 334. The number of primary amides is 1. The van der Waals surface area contributed by atoms with E-state index in [0.29, 0.717) is 6.42 Å². The van der Waals surface area contributed by atoms with E-state index in [1.165, 1.54) is 5.56 Å². The Morgan fingerprint density at radius 2 is 1.69 bits per heavy atom. The Hall–Kier alpha value is -1.31. The summed E-state index contributed by atoms with van der Waals surface area (Å²) in [6, 6.07) is 17.9. The van der Waals surface area contributed by atoms with Gasteiger partial charge in [0.25, 0.3) is 0 Å². The van der Waals surface area contributed by atoms with E-state index in [9.17, 15) is 4.79 Å². The minimum atomic E-state index is -0.235. The molecule has 0 unspecified atom stereocenters. The SMILES string of the molecule is NC(=O)CC[c-]1cccc1.[Fe+2].c1cc[cH-]c1. The van der Waals surface area contributed by atoms with Gasteiger partial charge in [0.1, 0.15) is 0 Å². The maximum atomic E-state index is 10.3. The predicted molar refractivity (Wildman–Crippen MR) is 61.6 cm³/mol. The summed E-state index contributed by atoms with van der Waals surface area (Å²) in [5.74, 6) is -0.235. The van der Waals surface area contributed by atoms with Gasteiger partial charge in [-0.05, 0) is 0 Å². The van der Waals surface area contributed by atoms with Crippen molar-refractivity contribution in [2.45, 2.75) is 12.8 Å². The Labute approximate surface area is 107 Å². The molecule has 1 amide bonds. The second-order valence-corrected chi connectivity index (χ2v) is 3.22. The quantitative estimate of drug-likeness (QED) is 0.665. The first kappa shape index (κ1) is 14.7. The number of aryl methyl sites for hydroxylation is 1. The van der Waals surface area contributed by atoms with Crippen LogP contribution in [-0.2, 0) is 28.3 Å². The third-order valence-corrected chi connectivity index (χ3v) is 1.95. The minimum Gasteiger partial charge on any atom is -0.370 e. The average Bonchev–Trinajstić information content (AvgIpc) is 2.91. The zero-order chi connectivity index (χ0) is 10.9. The maximum absolute atomic E-state index is 10.3. The van der Waals surface area contributed by atoms with E-state index in [1.54, 1.807) is 0 Å². The fraction of sp³-hybridized carbons (Fsp3) is 0.154. The molecule has 0 heterocycles. The summed E-state index contributed by atoms with van der Waals surface area (Å²) in [6.45, 7) is 0. The van der Waals surface area contributed by atoms with Gasteiger partial charge in [-0.15, -0.1) is 0 Å². The van der Waals surface area contributed by atoms with Crippen LogP contribution in [0.5, 0.6) is 0 Å². The van der Waals surface area contributed by atoms with Crippen molar-refractivity contribution in [2.75, 3.05) is 0 Å². The molecule has 2 aromatic carbocycles. The van der Waals surface area contributed by atoms with Gasteiger partial charge >= 0.3 is 17.1 Å². The second-order valence-electron chi connectivity index (χ2n) is 3.22.